The van der Waals surface area contributed by atoms with Gasteiger partial charge in [0.15, 0.2) is 0 Å². The van der Waals surface area contributed by atoms with Crippen LogP contribution in [-0.4, -0.2) is 29.9 Å². The summed E-state index contributed by atoms with van der Waals surface area (Å²) in [4.78, 5) is 15.5. The highest BCUT2D eigenvalue weighted by Crippen LogP contribution is 1.99. The van der Waals surface area contributed by atoms with Crippen molar-refractivity contribution in [2.24, 2.45) is 0 Å². The summed E-state index contributed by atoms with van der Waals surface area (Å²) in [5.41, 5.74) is 1.00. The van der Waals surface area contributed by atoms with Gasteiger partial charge in [0, 0.05) is 32.6 Å². The Labute approximate surface area is 71.7 Å². The first-order chi connectivity index (χ1) is 5.70. The summed E-state index contributed by atoms with van der Waals surface area (Å²) in [6.45, 7) is 0. The lowest BCUT2D eigenvalue weighted by Gasteiger charge is -2.04. The maximum Gasteiger partial charge on any atom is 0.246 e. The fraction of sp³-hybridized carbons (Fsp3) is 0.222. The molecule has 12 heavy (non-hydrogen) atoms. The highest BCUT2D eigenvalue weighted by atomic mass is 16.2. The van der Waals surface area contributed by atoms with E-state index in [9.17, 15) is 4.79 Å². The molecule has 1 rings (SSSR count). The number of H-pyrrole nitrogens is 1. The molecule has 0 spiro atoms. The van der Waals surface area contributed by atoms with Gasteiger partial charge < -0.3 is 9.88 Å². The second-order valence-corrected chi connectivity index (χ2v) is 2.71. The molecule has 0 atom stereocenters. The highest BCUT2D eigenvalue weighted by Gasteiger charge is 1.95. The van der Waals surface area contributed by atoms with Crippen LogP contribution in [0, 0.1) is 0 Å². The highest BCUT2D eigenvalue weighted by molar-refractivity contribution is 5.91. The molecule has 1 N–H and O–H groups in total. The molecule has 1 aromatic heterocycles. The van der Waals surface area contributed by atoms with Crippen molar-refractivity contribution in [1.82, 2.24) is 9.88 Å². The van der Waals surface area contributed by atoms with Crippen LogP contribution in [0.2, 0.25) is 0 Å². The maximum absolute atomic E-state index is 11.1. The van der Waals surface area contributed by atoms with E-state index in [1.165, 1.54) is 4.90 Å². The average Bonchev–Trinajstić information content (AvgIpc) is 2.51. The minimum absolute atomic E-state index is 0.00352. The van der Waals surface area contributed by atoms with Crippen molar-refractivity contribution in [3.8, 4) is 0 Å². The van der Waals surface area contributed by atoms with Crippen molar-refractivity contribution in [1.29, 1.82) is 0 Å². The molecule has 0 bridgehead atoms. The first-order valence-corrected chi connectivity index (χ1v) is 3.72. The first kappa shape index (κ1) is 8.59. The molecule has 1 amide bonds. The summed E-state index contributed by atoms with van der Waals surface area (Å²) in [7, 11) is 3.45. The summed E-state index contributed by atoms with van der Waals surface area (Å²) in [5, 5.41) is 0. The SMILES string of the molecule is CN(C)C(=O)/C=C/c1cc[nH]c1. The van der Waals surface area contributed by atoms with E-state index in [4.69, 9.17) is 0 Å². The van der Waals surface area contributed by atoms with E-state index < -0.39 is 0 Å². The molecular weight excluding hydrogens is 152 g/mol. The van der Waals surface area contributed by atoms with Crippen LogP contribution in [0.15, 0.2) is 24.5 Å². The Morgan fingerprint density at radius 1 is 1.58 bits per heavy atom. The van der Waals surface area contributed by atoms with Crippen molar-refractivity contribution in [2.45, 2.75) is 0 Å². The van der Waals surface area contributed by atoms with Crippen molar-refractivity contribution in [3.05, 3.63) is 30.1 Å². The normalized spacial score (nSPS) is 10.5. The molecular formula is C9H12N2O. The molecule has 3 heteroatoms. The van der Waals surface area contributed by atoms with Crippen LogP contribution >= 0.6 is 0 Å². The Bertz CT molecular complexity index is 273. The Balaban J connectivity index is 2.57. The van der Waals surface area contributed by atoms with Crippen LogP contribution < -0.4 is 0 Å². The predicted octanol–water partition coefficient (Wildman–Crippen LogP) is 1.12. The van der Waals surface area contributed by atoms with Gasteiger partial charge in [-0.1, -0.05) is 0 Å². The van der Waals surface area contributed by atoms with E-state index in [2.05, 4.69) is 4.98 Å². The molecule has 0 aliphatic carbocycles. The van der Waals surface area contributed by atoms with Gasteiger partial charge in [-0.2, -0.15) is 0 Å². The van der Waals surface area contributed by atoms with Gasteiger partial charge in [-0.25, -0.2) is 0 Å². The third-order valence-corrected chi connectivity index (χ3v) is 1.48. The topological polar surface area (TPSA) is 36.1 Å². The summed E-state index contributed by atoms with van der Waals surface area (Å²) >= 11 is 0. The van der Waals surface area contributed by atoms with E-state index in [1.54, 1.807) is 26.2 Å². The molecule has 0 aliphatic rings. The zero-order chi connectivity index (χ0) is 8.97. The van der Waals surface area contributed by atoms with Crippen molar-refractivity contribution >= 4 is 12.0 Å². The van der Waals surface area contributed by atoms with Gasteiger partial charge in [0.1, 0.15) is 0 Å². The number of likely N-dealkylation sites (N-methyl/N-ethyl adjacent to an activating group) is 1. The lowest BCUT2D eigenvalue weighted by atomic mass is 10.3. The fourth-order valence-corrected chi connectivity index (χ4v) is 0.757. The molecule has 0 unspecified atom stereocenters. The molecule has 0 radical (unpaired) electrons. The summed E-state index contributed by atoms with van der Waals surface area (Å²) in [6.07, 6.45) is 6.97. The smallest absolute Gasteiger partial charge is 0.246 e. The molecule has 1 aromatic rings. The quantitative estimate of drug-likeness (QED) is 0.653. The Morgan fingerprint density at radius 3 is 2.83 bits per heavy atom. The van der Waals surface area contributed by atoms with E-state index in [0.717, 1.165) is 5.56 Å². The predicted molar refractivity (Wildman–Crippen MR) is 48.5 cm³/mol. The maximum atomic E-state index is 11.1. The zero-order valence-electron chi connectivity index (χ0n) is 7.24. The number of hydrogen-bond donors (Lipinski definition) is 1. The molecule has 0 saturated heterocycles. The lowest BCUT2D eigenvalue weighted by Crippen LogP contribution is -2.18. The molecule has 3 nitrogen and oxygen atoms in total. The molecule has 0 saturated carbocycles. The van der Waals surface area contributed by atoms with E-state index in [-0.39, 0.29) is 5.91 Å². The first-order valence-electron chi connectivity index (χ1n) is 3.72. The van der Waals surface area contributed by atoms with Crippen LogP contribution in [0.4, 0.5) is 0 Å². The van der Waals surface area contributed by atoms with Crippen molar-refractivity contribution in [2.75, 3.05) is 14.1 Å². The van der Waals surface area contributed by atoms with Crippen LogP contribution in [0.1, 0.15) is 5.56 Å². The van der Waals surface area contributed by atoms with Gasteiger partial charge in [0.25, 0.3) is 0 Å². The van der Waals surface area contributed by atoms with Gasteiger partial charge in [-0.3, -0.25) is 4.79 Å². The van der Waals surface area contributed by atoms with E-state index in [1.807, 2.05) is 18.5 Å². The zero-order valence-corrected chi connectivity index (χ0v) is 7.24. The minimum atomic E-state index is -0.00352. The number of rotatable bonds is 2. The Hall–Kier alpha value is -1.51. The van der Waals surface area contributed by atoms with Crippen LogP contribution in [-0.2, 0) is 4.79 Å². The van der Waals surface area contributed by atoms with Crippen molar-refractivity contribution in [3.63, 3.8) is 0 Å². The van der Waals surface area contributed by atoms with E-state index in [0.29, 0.717) is 0 Å². The second kappa shape index (κ2) is 3.76. The number of carbonyl (C=O) groups is 1. The summed E-state index contributed by atoms with van der Waals surface area (Å²) in [6, 6.07) is 1.90. The third kappa shape index (κ3) is 2.27. The summed E-state index contributed by atoms with van der Waals surface area (Å²) in [5.74, 6) is -0.00352. The van der Waals surface area contributed by atoms with Crippen LogP contribution in [0.3, 0.4) is 0 Å². The number of aromatic nitrogens is 1. The molecule has 0 fully saturated rings. The molecule has 0 aromatic carbocycles. The number of nitrogens with zero attached hydrogens (tertiary/aromatic N) is 1. The Morgan fingerprint density at radius 2 is 2.33 bits per heavy atom. The molecule has 1 heterocycles. The Kier molecular flexibility index (Phi) is 2.69. The number of aromatic amines is 1. The van der Waals surface area contributed by atoms with Gasteiger partial charge in [-0.15, -0.1) is 0 Å². The standard InChI is InChI=1S/C9H12N2O/c1-11(2)9(12)4-3-8-5-6-10-7-8/h3-7,10H,1-2H3/b4-3+. The average molecular weight is 164 g/mol. The van der Waals surface area contributed by atoms with Gasteiger partial charge in [0.05, 0.1) is 0 Å². The number of amides is 1. The van der Waals surface area contributed by atoms with Gasteiger partial charge >= 0.3 is 0 Å². The molecule has 64 valence electrons. The van der Waals surface area contributed by atoms with Crippen molar-refractivity contribution < 1.29 is 4.79 Å². The lowest BCUT2D eigenvalue weighted by molar-refractivity contribution is -0.123. The third-order valence-electron chi connectivity index (χ3n) is 1.48. The minimum Gasteiger partial charge on any atom is -0.367 e. The molecule has 0 aliphatic heterocycles. The van der Waals surface area contributed by atoms with Crippen LogP contribution in [0.5, 0.6) is 0 Å². The number of hydrogen-bond acceptors (Lipinski definition) is 1. The number of carbonyl (C=O) groups excluding carboxylic acids is 1. The van der Waals surface area contributed by atoms with E-state index >= 15 is 0 Å². The second-order valence-electron chi connectivity index (χ2n) is 2.71. The van der Waals surface area contributed by atoms with Crippen LogP contribution in [0.25, 0.3) is 6.08 Å². The summed E-state index contributed by atoms with van der Waals surface area (Å²) < 4.78 is 0. The fourth-order valence-electron chi connectivity index (χ4n) is 0.757. The van der Waals surface area contributed by atoms with Gasteiger partial charge in [-0.05, 0) is 17.7 Å². The number of nitrogens with one attached hydrogen (secondary N) is 1. The van der Waals surface area contributed by atoms with Gasteiger partial charge in [0.2, 0.25) is 5.91 Å². The monoisotopic (exact) mass is 164 g/mol. The largest absolute Gasteiger partial charge is 0.367 e.